The Hall–Kier alpha value is -2.12. The van der Waals surface area contributed by atoms with Crippen molar-refractivity contribution in [1.82, 2.24) is 16.2 Å². The molecule has 7 heteroatoms. The molecule has 2 atom stereocenters. The zero-order valence-corrected chi connectivity index (χ0v) is 12.8. The standard InChI is InChI=1S/C15H22N4O3/c1-9(2)12-7-13(19-18-12)17-14(20)8-22-11-5-3-10(4-6-11)15(16)21/h3-6,9,12-13,18-19H,7-8H2,1-2H3,(H2,16,21)(H,17,20). The van der Waals surface area contributed by atoms with E-state index in [1.165, 1.54) is 0 Å². The Morgan fingerprint density at radius 2 is 2.00 bits per heavy atom. The van der Waals surface area contributed by atoms with Gasteiger partial charge >= 0.3 is 0 Å². The van der Waals surface area contributed by atoms with Crippen molar-refractivity contribution in [3.8, 4) is 5.75 Å². The number of nitrogens with one attached hydrogen (secondary N) is 3. The number of hydrogen-bond acceptors (Lipinski definition) is 5. The molecule has 1 aromatic carbocycles. The minimum atomic E-state index is -0.496. The van der Waals surface area contributed by atoms with Gasteiger partial charge < -0.3 is 15.8 Å². The molecule has 0 bridgehead atoms. The van der Waals surface area contributed by atoms with Crippen LogP contribution < -0.4 is 26.6 Å². The van der Waals surface area contributed by atoms with Gasteiger partial charge in [0.25, 0.3) is 5.91 Å². The quantitative estimate of drug-likeness (QED) is 0.598. The zero-order chi connectivity index (χ0) is 16.1. The van der Waals surface area contributed by atoms with Gasteiger partial charge in [0.2, 0.25) is 5.91 Å². The van der Waals surface area contributed by atoms with Crippen molar-refractivity contribution in [3.63, 3.8) is 0 Å². The van der Waals surface area contributed by atoms with Crippen molar-refractivity contribution in [2.45, 2.75) is 32.5 Å². The molecule has 1 aliphatic rings. The summed E-state index contributed by atoms with van der Waals surface area (Å²) in [7, 11) is 0. The minimum Gasteiger partial charge on any atom is -0.484 e. The number of hydrogen-bond donors (Lipinski definition) is 4. The lowest BCUT2D eigenvalue weighted by atomic mass is 10.0. The normalized spacial score (nSPS) is 20.9. The van der Waals surface area contributed by atoms with E-state index in [4.69, 9.17) is 10.5 Å². The maximum absolute atomic E-state index is 11.8. The molecule has 22 heavy (non-hydrogen) atoms. The summed E-state index contributed by atoms with van der Waals surface area (Å²) in [5, 5.41) is 2.85. The summed E-state index contributed by atoms with van der Waals surface area (Å²) < 4.78 is 5.37. The first-order valence-corrected chi connectivity index (χ1v) is 7.29. The van der Waals surface area contributed by atoms with Crippen LogP contribution >= 0.6 is 0 Å². The number of benzene rings is 1. The maximum atomic E-state index is 11.8. The van der Waals surface area contributed by atoms with Crippen LogP contribution in [0.4, 0.5) is 0 Å². The molecule has 0 saturated carbocycles. The predicted molar refractivity (Wildman–Crippen MR) is 81.9 cm³/mol. The van der Waals surface area contributed by atoms with E-state index >= 15 is 0 Å². The van der Waals surface area contributed by atoms with Gasteiger partial charge in [0.05, 0.1) is 6.17 Å². The number of carbonyl (C=O) groups excluding carboxylic acids is 2. The van der Waals surface area contributed by atoms with E-state index in [2.05, 4.69) is 30.0 Å². The predicted octanol–water partition coefficient (Wildman–Crippen LogP) is 0.129. The smallest absolute Gasteiger partial charge is 0.259 e. The number of primary amides is 1. The van der Waals surface area contributed by atoms with E-state index < -0.39 is 5.91 Å². The van der Waals surface area contributed by atoms with Crippen molar-refractivity contribution in [1.29, 1.82) is 0 Å². The SMILES string of the molecule is CC(C)C1CC(NC(=O)COc2ccc(C(N)=O)cc2)NN1. The van der Waals surface area contributed by atoms with E-state index in [1.807, 2.05) is 0 Å². The highest BCUT2D eigenvalue weighted by atomic mass is 16.5. The van der Waals surface area contributed by atoms with Gasteiger partial charge in [0.15, 0.2) is 6.61 Å². The first kappa shape index (κ1) is 16.3. The van der Waals surface area contributed by atoms with Crippen LogP contribution in [-0.4, -0.2) is 30.6 Å². The highest BCUT2D eigenvalue weighted by molar-refractivity contribution is 5.92. The summed E-state index contributed by atoms with van der Waals surface area (Å²) in [6, 6.07) is 6.68. The van der Waals surface area contributed by atoms with Crippen LogP contribution in [-0.2, 0) is 4.79 Å². The highest BCUT2D eigenvalue weighted by Crippen LogP contribution is 2.13. The van der Waals surface area contributed by atoms with Crippen molar-refractivity contribution >= 4 is 11.8 Å². The molecular formula is C15H22N4O3. The Bertz CT molecular complexity index is 530. The maximum Gasteiger partial charge on any atom is 0.259 e. The number of ether oxygens (including phenoxy) is 1. The van der Waals surface area contributed by atoms with E-state index in [0.29, 0.717) is 23.3 Å². The van der Waals surface area contributed by atoms with Gasteiger partial charge in [-0.3, -0.25) is 15.0 Å². The number of nitrogens with two attached hydrogens (primary N) is 1. The van der Waals surface area contributed by atoms with E-state index in [0.717, 1.165) is 6.42 Å². The third-order valence-electron chi connectivity index (χ3n) is 3.58. The molecule has 1 saturated heterocycles. The lowest BCUT2D eigenvalue weighted by molar-refractivity contribution is -0.123. The molecular weight excluding hydrogens is 284 g/mol. The van der Waals surface area contributed by atoms with Gasteiger partial charge in [-0.05, 0) is 36.6 Å². The molecule has 1 fully saturated rings. The summed E-state index contributed by atoms with van der Waals surface area (Å²) in [5.74, 6) is 0.304. The Kier molecular flexibility index (Phi) is 5.35. The molecule has 2 amide bonds. The van der Waals surface area contributed by atoms with Crippen molar-refractivity contribution in [2.24, 2.45) is 11.7 Å². The van der Waals surface area contributed by atoms with E-state index in [9.17, 15) is 9.59 Å². The number of carbonyl (C=O) groups is 2. The van der Waals surface area contributed by atoms with Gasteiger partial charge in [0, 0.05) is 11.6 Å². The molecule has 1 aromatic rings. The summed E-state index contributed by atoms with van der Waals surface area (Å²) in [6.45, 7) is 4.17. The van der Waals surface area contributed by atoms with Crippen LogP contribution in [0.3, 0.4) is 0 Å². The molecule has 0 spiro atoms. The number of hydrazine groups is 1. The Balaban J connectivity index is 1.75. The van der Waals surface area contributed by atoms with Crippen LogP contribution in [0.2, 0.25) is 0 Å². The monoisotopic (exact) mass is 306 g/mol. The molecule has 120 valence electrons. The molecule has 0 aliphatic carbocycles. The van der Waals surface area contributed by atoms with Crippen LogP contribution in [0.1, 0.15) is 30.6 Å². The Morgan fingerprint density at radius 3 is 2.55 bits per heavy atom. The van der Waals surface area contributed by atoms with E-state index in [-0.39, 0.29) is 18.7 Å². The number of amides is 2. The molecule has 2 unspecified atom stereocenters. The largest absolute Gasteiger partial charge is 0.484 e. The Labute approximate surface area is 129 Å². The fraction of sp³-hybridized carbons (Fsp3) is 0.467. The third-order valence-corrected chi connectivity index (χ3v) is 3.58. The van der Waals surface area contributed by atoms with Crippen LogP contribution in [0, 0.1) is 5.92 Å². The van der Waals surface area contributed by atoms with Crippen molar-refractivity contribution in [2.75, 3.05) is 6.61 Å². The van der Waals surface area contributed by atoms with Crippen molar-refractivity contribution in [3.05, 3.63) is 29.8 Å². The fourth-order valence-corrected chi connectivity index (χ4v) is 2.21. The summed E-state index contributed by atoms with van der Waals surface area (Å²) in [6.07, 6.45) is 0.734. The average Bonchev–Trinajstić information content (AvgIpc) is 2.94. The summed E-state index contributed by atoms with van der Waals surface area (Å²) >= 11 is 0. The van der Waals surface area contributed by atoms with Crippen LogP contribution in [0.5, 0.6) is 5.75 Å². The first-order valence-electron chi connectivity index (χ1n) is 7.29. The fourth-order valence-electron chi connectivity index (χ4n) is 2.21. The van der Waals surface area contributed by atoms with Crippen LogP contribution in [0.15, 0.2) is 24.3 Å². The van der Waals surface area contributed by atoms with Gasteiger partial charge in [-0.1, -0.05) is 13.8 Å². The molecule has 1 aliphatic heterocycles. The van der Waals surface area contributed by atoms with Crippen LogP contribution in [0.25, 0.3) is 0 Å². The second-order valence-corrected chi connectivity index (χ2v) is 5.67. The first-order chi connectivity index (χ1) is 10.5. The second-order valence-electron chi connectivity index (χ2n) is 5.67. The molecule has 0 radical (unpaired) electrons. The summed E-state index contributed by atoms with van der Waals surface area (Å²) in [4.78, 5) is 22.8. The van der Waals surface area contributed by atoms with Gasteiger partial charge in [-0.2, -0.15) is 0 Å². The molecule has 7 nitrogen and oxygen atoms in total. The Morgan fingerprint density at radius 1 is 1.32 bits per heavy atom. The van der Waals surface area contributed by atoms with E-state index in [1.54, 1.807) is 24.3 Å². The highest BCUT2D eigenvalue weighted by Gasteiger charge is 2.26. The van der Waals surface area contributed by atoms with Gasteiger partial charge in [-0.25, -0.2) is 5.43 Å². The van der Waals surface area contributed by atoms with Gasteiger partial charge in [0.1, 0.15) is 5.75 Å². The molecule has 0 aromatic heterocycles. The summed E-state index contributed by atoms with van der Waals surface area (Å²) in [5.41, 5.74) is 11.8. The molecule has 1 heterocycles. The topological polar surface area (TPSA) is 105 Å². The third kappa shape index (κ3) is 4.44. The lowest BCUT2D eigenvalue weighted by Crippen LogP contribution is -2.46. The number of rotatable bonds is 6. The van der Waals surface area contributed by atoms with Gasteiger partial charge in [-0.15, -0.1) is 0 Å². The molecule has 2 rings (SSSR count). The second kappa shape index (κ2) is 7.24. The lowest BCUT2D eigenvalue weighted by Gasteiger charge is -2.14. The zero-order valence-electron chi connectivity index (χ0n) is 12.8. The van der Waals surface area contributed by atoms with Crippen molar-refractivity contribution < 1.29 is 14.3 Å². The minimum absolute atomic E-state index is 0.0829. The average molecular weight is 306 g/mol. The molecule has 5 N–H and O–H groups in total.